The van der Waals surface area contributed by atoms with E-state index in [4.69, 9.17) is 0 Å². The number of hydrogen-bond acceptors (Lipinski definition) is 2. The number of aliphatic hydroxyl groups excluding tert-OH is 1. The topological polar surface area (TPSA) is 23.5 Å². The van der Waals surface area contributed by atoms with Crippen LogP contribution in [-0.2, 0) is 0 Å². The molecule has 22 heavy (non-hydrogen) atoms. The third kappa shape index (κ3) is 2.89. The molecule has 0 fully saturated rings. The highest BCUT2D eigenvalue weighted by Crippen LogP contribution is 2.33. The van der Waals surface area contributed by atoms with Crippen LogP contribution in [0.4, 0.5) is 0 Å². The van der Waals surface area contributed by atoms with Crippen LogP contribution in [0.1, 0.15) is 23.3 Å². The summed E-state index contributed by atoms with van der Waals surface area (Å²) < 4.78 is 0. The maximum Gasteiger partial charge on any atom is 0.0986 e. The molecule has 0 aliphatic rings. The van der Waals surface area contributed by atoms with Crippen molar-refractivity contribution in [2.75, 3.05) is 14.1 Å². The third-order valence-electron chi connectivity index (χ3n) is 4.11. The summed E-state index contributed by atoms with van der Waals surface area (Å²) in [4.78, 5) is 2.07. The third-order valence-corrected chi connectivity index (χ3v) is 4.11. The summed E-state index contributed by atoms with van der Waals surface area (Å²) >= 11 is 0. The Bertz CT molecular complexity index is 752. The number of nitrogens with zero attached hydrogens (tertiary/aromatic N) is 1. The Morgan fingerprint density at radius 3 is 2.05 bits per heavy atom. The van der Waals surface area contributed by atoms with Crippen molar-refractivity contribution < 1.29 is 5.11 Å². The van der Waals surface area contributed by atoms with Crippen LogP contribution in [-0.4, -0.2) is 24.1 Å². The summed E-state index contributed by atoms with van der Waals surface area (Å²) in [5.41, 5.74) is 2.06. The van der Waals surface area contributed by atoms with E-state index in [9.17, 15) is 5.11 Å². The Balaban J connectivity index is 2.02. The Hall–Kier alpha value is -2.16. The molecule has 1 N–H and O–H groups in total. The first kappa shape index (κ1) is 14.8. The van der Waals surface area contributed by atoms with Gasteiger partial charge in [-0.25, -0.2) is 0 Å². The van der Waals surface area contributed by atoms with E-state index in [0.29, 0.717) is 0 Å². The summed E-state index contributed by atoms with van der Waals surface area (Å²) in [5, 5.41) is 13.3. The number of fused-ring (bicyclic) bond motifs is 1. The van der Waals surface area contributed by atoms with Crippen molar-refractivity contribution in [1.29, 1.82) is 0 Å². The number of aliphatic hydroxyl groups is 1. The summed E-state index contributed by atoms with van der Waals surface area (Å²) in [7, 11) is 4.01. The van der Waals surface area contributed by atoms with Crippen LogP contribution >= 0.6 is 0 Å². The minimum Gasteiger partial charge on any atom is -0.386 e. The largest absolute Gasteiger partial charge is 0.386 e. The second kappa shape index (κ2) is 6.30. The van der Waals surface area contributed by atoms with Crippen molar-refractivity contribution in [3.8, 4) is 0 Å². The first-order valence-electron chi connectivity index (χ1n) is 7.55. The molecule has 0 aliphatic heterocycles. The fourth-order valence-corrected chi connectivity index (χ4v) is 2.99. The van der Waals surface area contributed by atoms with Gasteiger partial charge in [0.2, 0.25) is 0 Å². The summed E-state index contributed by atoms with van der Waals surface area (Å²) in [6.07, 6.45) is -0.558. The molecule has 3 rings (SSSR count). The van der Waals surface area contributed by atoms with Crippen molar-refractivity contribution in [3.63, 3.8) is 0 Å². The van der Waals surface area contributed by atoms with Crippen molar-refractivity contribution in [1.82, 2.24) is 4.90 Å². The Kier molecular flexibility index (Phi) is 4.23. The molecule has 3 aromatic carbocycles. The number of rotatable bonds is 4. The zero-order chi connectivity index (χ0) is 15.5. The van der Waals surface area contributed by atoms with Gasteiger partial charge in [-0.2, -0.15) is 0 Å². The van der Waals surface area contributed by atoms with Gasteiger partial charge in [-0.1, -0.05) is 66.7 Å². The van der Waals surface area contributed by atoms with E-state index >= 15 is 0 Å². The van der Waals surface area contributed by atoms with Gasteiger partial charge in [0.1, 0.15) is 0 Å². The maximum absolute atomic E-state index is 10.8. The smallest absolute Gasteiger partial charge is 0.0986 e. The quantitative estimate of drug-likeness (QED) is 0.779. The predicted octanol–water partition coefficient (Wildman–Crippen LogP) is 4.18. The van der Waals surface area contributed by atoms with Gasteiger partial charge >= 0.3 is 0 Å². The molecule has 0 amide bonds. The summed E-state index contributed by atoms with van der Waals surface area (Å²) in [5.74, 6) is 0. The number of benzene rings is 3. The van der Waals surface area contributed by atoms with E-state index in [2.05, 4.69) is 35.2 Å². The van der Waals surface area contributed by atoms with Crippen LogP contribution < -0.4 is 0 Å². The molecule has 2 unspecified atom stereocenters. The van der Waals surface area contributed by atoms with Crippen molar-refractivity contribution in [2.24, 2.45) is 0 Å². The van der Waals surface area contributed by atoms with Crippen molar-refractivity contribution in [3.05, 3.63) is 83.9 Å². The molecule has 0 bridgehead atoms. The lowest BCUT2D eigenvalue weighted by Crippen LogP contribution is -2.26. The lowest BCUT2D eigenvalue weighted by molar-refractivity contribution is 0.0755. The minimum absolute atomic E-state index is 0.0768. The predicted molar refractivity (Wildman–Crippen MR) is 91.8 cm³/mol. The van der Waals surface area contributed by atoms with E-state index in [1.54, 1.807) is 0 Å². The SMILES string of the molecule is CN(C)C(c1ccc2ccccc2c1)C(O)c1ccccc1. The normalized spacial score (nSPS) is 14.2. The molecule has 2 atom stereocenters. The summed E-state index contributed by atoms with van der Waals surface area (Å²) in [6.45, 7) is 0. The molecule has 2 heteroatoms. The molecule has 3 aromatic rings. The van der Waals surface area contributed by atoms with Crippen LogP contribution in [0, 0.1) is 0 Å². The molecule has 0 saturated heterocycles. The minimum atomic E-state index is -0.558. The van der Waals surface area contributed by atoms with Gasteiger partial charge in [0.05, 0.1) is 12.1 Å². The average Bonchev–Trinajstić information content (AvgIpc) is 2.55. The fourth-order valence-electron chi connectivity index (χ4n) is 2.99. The molecule has 112 valence electrons. The highest BCUT2D eigenvalue weighted by molar-refractivity contribution is 5.83. The van der Waals surface area contributed by atoms with Gasteiger partial charge < -0.3 is 5.11 Å². The highest BCUT2D eigenvalue weighted by Gasteiger charge is 2.24. The molecule has 0 aliphatic carbocycles. The molecular weight excluding hydrogens is 270 g/mol. The second-order valence-corrected chi connectivity index (χ2v) is 5.87. The molecule has 0 aromatic heterocycles. The van der Waals surface area contributed by atoms with Crippen LogP contribution in [0.25, 0.3) is 10.8 Å². The molecule has 0 heterocycles. The van der Waals surface area contributed by atoms with Crippen LogP contribution in [0.2, 0.25) is 0 Å². The summed E-state index contributed by atoms with van der Waals surface area (Å²) in [6, 6.07) is 24.5. The maximum atomic E-state index is 10.8. The first-order valence-corrected chi connectivity index (χ1v) is 7.55. The van der Waals surface area contributed by atoms with Crippen molar-refractivity contribution in [2.45, 2.75) is 12.1 Å². The van der Waals surface area contributed by atoms with E-state index in [0.717, 1.165) is 11.1 Å². The van der Waals surface area contributed by atoms with Crippen LogP contribution in [0.15, 0.2) is 72.8 Å². The molecule has 0 saturated carbocycles. The van der Waals surface area contributed by atoms with Gasteiger partial charge in [0.25, 0.3) is 0 Å². The van der Waals surface area contributed by atoms with Gasteiger partial charge in [-0.15, -0.1) is 0 Å². The van der Waals surface area contributed by atoms with Crippen LogP contribution in [0.5, 0.6) is 0 Å². The Labute approximate surface area is 131 Å². The van der Waals surface area contributed by atoms with Crippen molar-refractivity contribution >= 4 is 10.8 Å². The zero-order valence-electron chi connectivity index (χ0n) is 13.0. The lowest BCUT2D eigenvalue weighted by Gasteiger charge is -2.30. The average molecular weight is 291 g/mol. The van der Waals surface area contributed by atoms with Gasteiger partial charge in [-0.3, -0.25) is 4.90 Å². The number of likely N-dealkylation sites (N-methyl/N-ethyl adjacent to an activating group) is 1. The van der Waals surface area contributed by atoms with E-state index in [1.165, 1.54) is 10.8 Å². The number of hydrogen-bond donors (Lipinski definition) is 1. The van der Waals surface area contributed by atoms with E-state index < -0.39 is 6.10 Å². The van der Waals surface area contributed by atoms with Gasteiger partial charge in [0.15, 0.2) is 0 Å². The Morgan fingerprint density at radius 1 is 0.727 bits per heavy atom. The molecule has 0 spiro atoms. The lowest BCUT2D eigenvalue weighted by atomic mass is 9.93. The standard InChI is InChI=1S/C20H21NO/c1-21(2)19(20(22)16-9-4-3-5-10-16)18-13-12-15-8-6-7-11-17(15)14-18/h3-14,19-20,22H,1-2H3. The highest BCUT2D eigenvalue weighted by atomic mass is 16.3. The second-order valence-electron chi connectivity index (χ2n) is 5.87. The Morgan fingerprint density at radius 2 is 1.36 bits per heavy atom. The van der Waals surface area contributed by atoms with E-state index in [1.807, 2.05) is 56.6 Å². The zero-order valence-corrected chi connectivity index (χ0v) is 13.0. The van der Waals surface area contributed by atoms with Gasteiger partial charge in [-0.05, 0) is 42.1 Å². The monoisotopic (exact) mass is 291 g/mol. The molecule has 0 radical (unpaired) electrons. The van der Waals surface area contributed by atoms with Crippen LogP contribution in [0.3, 0.4) is 0 Å². The van der Waals surface area contributed by atoms with E-state index in [-0.39, 0.29) is 6.04 Å². The molecular formula is C20H21NO. The first-order chi connectivity index (χ1) is 10.7. The van der Waals surface area contributed by atoms with Gasteiger partial charge in [0, 0.05) is 0 Å². The fraction of sp³-hybridized carbons (Fsp3) is 0.200. The molecule has 2 nitrogen and oxygen atoms in total.